The molecule has 1 heterocycles. The van der Waals surface area contributed by atoms with Crippen LogP contribution in [0.25, 0.3) is 0 Å². The highest BCUT2D eigenvalue weighted by Crippen LogP contribution is 2.36. The summed E-state index contributed by atoms with van der Waals surface area (Å²) in [6, 6.07) is 14.2. The van der Waals surface area contributed by atoms with Gasteiger partial charge in [-0.1, -0.05) is 47.5 Å². The fraction of sp³-hybridized carbons (Fsp3) is 0.263. The molecule has 130 valence electrons. The van der Waals surface area contributed by atoms with Crippen molar-refractivity contribution < 1.29 is 14.3 Å². The lowest BCUT2D eigenvalue weighted by molar-refractivity contribution is -0.129. The summed E-state index contributed by atoms with van der Waals surface area (Å²) >= 11 is 12.1. The number of rotatable bonds is 4. The molecule has 4 nitrogen and oxygen atoms in total. The Labute approximate surface area is 156 Å². The van der Waals surface area contributed by atoms with E-state index in [0.29, 0.717) is 28.8 Å². The highest BCUT2D eigenvalue weighted by Gasteiger charge is 2.40. The van der Waals surface area contributed by atoms with Crippen LogP contribution in [0.2, 0.25) is 10.0 Å². The van der Waals surface area contributed by atoms with Crippen LogP contribution in [0.5, 0.6) is 0 Å². The van der Waals surface area contributed by atoms with E-state index in [1.165, 1.54) is 0 Å². The van der Waals surface area contributed by atoms with E-state index in [0.717, 1.165) is 11.8 Å². The van der Waals surface area contributed by atoms with E-state index >= 15 is 0 Å². The molecule has 0 spiro atoms. The first-order valence-corrected chi connectivity index (χ1v) is 8.69. The topological polar surface area (TPSA) is 46.6 Å². The van der Waals surface area contributed by atoms with E-state index in [9.17, 15) is 9.59 Å². The van der Waals surface area contributed by atoms with Gasteiger partial charge < -0.3 is 14.4 Å². The Hall–Kier alpha value is -1.88. The predicted molar refractivity (Wildman–Crippen MR) is 97.1 cm³/mol. The number of carbonyl (C=O) groups excluding carboxylic acids is 2. The summed E-state index contributed by atoms with van der Waals surface area (Å²) in [5.41, 5.74) is 0.427. The first-order valence-electron chi connectivity index (χ1n) is 7.93. The van der Waals surface area contributed by atoms with E-state index in [2.05, 4.69) is 0 Å². The van der Waals surface area contributed by atoms with Crippen LogP contribution < -0.4 is 0 Å². The maximum Gasteiger partial charge on any atom is 0.254 e. The van der Waals surface area contributed by atoms with Crippen LogP contribution in [0.15, 0.2) is 48.5 Å². The Morgan fingerprint density at radius 1 is 1.16 bits per heavy atom. The normalized spacial score (nSPS) is 20.3. The van der Waals surface area contributed by atoms with Crippen molar-refractivity contribution in [2.75, 3.05) is 19.7 Å². The molecule has 0 radical (unpaired) electrons. The van der Waals surface area contributed by atoms with Gasteiger partial charge in [0, 0.05) is 18.5 Å². The van der Waals surface area contributed by atoms with Crippen molar-refractivity contribution in [3.63, 3.8) is 0 Å². The molecule has 1 aliphatic rings. The molecule has 25 heavy (non-hydrogen) atoms. The molecular weight excluding hydrogens is 361 g/mol. The number of ether oxygens (including phenoxy) is 1. The second kappa shape index (κ2) is 7.56. The molecule has 1 aliphatic heterocycles. The first-order chi connectivity index (χ1) is 12.1. The second-order valence-corrected chi connectivity index (χ2v) is 6.75. The molecule has 3 rings (SSSR count). The van der Waals surface area contributed by atoms with Crippen LogP contribution in [0.1, 0.15) is 22.3 Å². The molecule has 0 aliphatic carbocycles. The minimum absolute atomic E-state index is 0.0840. The van der Waals surface area contributed by atoms with Crippen LogP contribution >= 0.6 is 23.2 Å². The third-order valence-corrected chi connectivity index (χ3v) is 5.09. The summed E-state index contributed by atoms with van der Waals surface area (Å²) in [4.78, 5) is 25.8. The molecule has 1 fully saturated rings. The number of carbonyl (C=O) groups is 2. The summed E-state index contributed by atoms with van der Waals surface area (Å²) in [5, 5.41) is 0.819. The molecule has 2 aromatic carbocycles. The molecule has 0 saturated carbocycles. The minimum Gasteiger partial charge on any atom is -0.366 e. The van der Waals surface area contributed by atoms with E-state index in [1.54, 1.807) is 35.2 Å². The first kappa shape index (κ1) is 17.9. The highest BCUT2D eigenvalue weighted by atomic mass is 35.5. The van der Waals surface area contributed by atoms with E-state index in [1.807, 2.05) is 18.2 Å². The molecule has 2 aromatic rings. The molecule has 1 atom stereocenters. The number of nitrogens with zero attached hydrogens (tertiary/aromatic N) is 1. The Morgan fingerprint density at radius 3 is 2.60 bits per heavy atom. The number of halogens is 2. The summed E-state index contributed by atoms with van der Waals surface area (Å²) in [7, 11) is 0. The van der Waals surface area contributed by atoms with Gasteiger partial charge in [-0.15, -0.1) is 0 Å². The lowest BCUT2D eigenvalue weighted by Gasteiger charge is -2.42. The lowest BCUT2D eigenvalue weighted by Crippen LogP contribution is -2.52. The van der Waals surface area contributed by atoms with Gasteiger partial charge in [-0.2, -0.15) is 0 Å². The highest BCUT2D eigenvalue weighted by molar-refractivity contribution is 6.42. The zero-order valence-electron chi connectivity index (χ0n) is 13.5. The molecule has 0 bridgehead atoms. The quantitative estimate of drug-likeness (QED) is 0.757. The number of aldehydes is 1. The number of benzene rings is 2. The van der Waals surface area contributed by atoms with Gasteiger partial charge in [-0.25, -0.2) is 0 Å². The van der Waals surface area contributed by atoms with Crippen molar-refractivity contribution in [1.29, 1.82) is 0 Å². The van der Waals surface area contributed by atoms with Gasteiger partial charge in [0.2, 0.25) is 0 Å². The van der Waals surface area contributed by atoms with Crippen molar-refractivity contribution in [3.8, 4) is 0 Å². The van der Waals surface area contributed by atoms with Crippen molar-refractivity contribution in [2.24, 2.45) is 0 Å². The Kier molecular flexibility index (Phi) is 5.42. The Bertz CT molecular complexity index is 781. The van der Waals surface area contributed by atoms with Gasteiger partial charge >= 0.3 is 0 Å². The summed E-state index contributed by atoms with van der Waals surface area (Å²) < 4.78 is 5.98. The fourth-order valence-electron chi connectivity index (χ4n) is 3.05. The van der Waals surface area contributed by atoms with Crippen molar-refractivity contribution in [1.82, 2.24) is 4.90 Å². The predicted octanol–water partition coefficient (Wildman–Crippen LogP) is 3.95. The third kappa shape index (κ3) is 3.71. The van der Waals surface area contributed by atoms with Crippen LogP contribution in [0.3, 0.4) is 0 Å². The zero-order valence-corrected chi connectivity index (χ0v) is 15.0. The number of amides is 1. The Morgan fingerprint density at radius 2 is 1.92 bits per heavy atom. The molecule has 1 unspecified atom stereocenters. The molecule has 0 aromatic heterocycles. The monoisotopic (exact) mass is 377 g/mol. The SMILES string of the molecule is O=CCC1(c2ccc(Cl)c(Cl)c2)CN(C(=O)c2ccccc2)CCO1. The number of hydrogen-bond acceptors (Lipinski definition) is 3. The lowest BCUT2D eigenvalue weighted by atomic mass is 9.88. The summed E-state index contributed by atoms with van der Waals surface area (Å²) in [5.74, 6) is -0.0840. The standard InChI is InChI=1S/C19H17Cl2NO3/c20-16-7-6-15(12-17(16)21)19(8-10-23)13-22(9-11-25-19)18(24)14-4-2-1-3-5-14/h1-7,10,12H,8-9,11,13H2. The van der Waals surface area contributed by atoms with Gasteiger partial charge in [-0.05, 0) is 29.8 Å². The van der Waals surface area contributed by atoms with Crippen molar-refractivity contribution in [2.45, 2.75) is 12.0 Å². The average molecular weight is 378 g/mol. The fourth-order valence-corrected chi connectivity index (χ4v) is 3.35. The van der Waals surface area contributed by atoms with Gasteiger partial charge in [-0.3, -0.25) is 4.79 Å². The van der Waals surface area contributed by atoms with E-state index in [4.69, 9.17) is 27.9 Å². The second-order valence-electron chi connectivity index (χ2n) is 5.94. The van der Waals surface area contributed by atoms with Gasteiger partial charge in [0.05, 0.1) is 23.2 Å². The number of hydrogen-bond donors (Lipinski definition) is 0. The van der Waals surface area contributed by atoms with Crippen LogP contribution in [-0.2, 0) is 15.1 Å². The zero-order chi connectivity index (χ0) is 17.9. The third-order valence-electron chi connectivity index (χ3n) is 4.35. The van der Waals surface area contributed by atoms with Gasteiger partial charge in [0.15, 0.2) is 0 Å². The summed E-state index contributed by atoms with van der Waals surface area (Å²) in [6.45, 7) is 1.08. The molecule has 1 saturated heterocycles. The van der Waals surface area contributed by atoms with Gasteiger partial charge in [0.1, 0.15) is 11.9 Å². The van der Waals surface area contributed by atoms with Crippen LogP contribution in [-0.4, -0.2) is 36.8 Å². The maximum absolute atomic E-state index is 12.8. The molecule has 1 amide bonds. The molecule has 0 N–H and O–H groups in total. The maximum atomic E-state index is 12.8. The van der Waals surface area contributed by atoms with E-state index < -0.39 is 5.60 Å². The molecule has 6 heteroatoms. The van der Waals surface area contributed by atoms with Crippen LogP contribution in [0.4, 0.5) is 0 Å². The Balaban J connectivity index is 1.92. The van der Waals surface area contributed by atoms with E-state index in [-0.39, 0.29) is 18.9 Å². The summed E-state index contributed by atoms with van der Waals surface area (Å²) in [6.07, 6.45) is 0.933. The van der Waals surface area contributed by atoms with Crippen molar-refractivity contribution >= 4 is 35.4 Å². The minimum atomic E-state index is -0.918. The largest absolute Gasteiger partial charge is 0.366 e. The van der Waals surface area contributed by atoms with Crippen LogP contribution in [0, 0.1) is 0 Å². The van der Waals surface area contributed by atoms with Crippen molar-refractivity contribution in [3.05, 3.63) is 69.7 Å². The number of morpholine rings is 1. The molecular formula is C19H17Cl2NO3. The average Bonchev–Trinajstić information content (AvgIpc) is 2.64. The smallest absolute Gasteiger partial charge is 0.254 e. The van der Waals surface area contributed by atoms with Gasteiger partial charge in [0.25, 0.3) is 5.91 Å².